The molecular weight excluding hydrogens is 277 g/mol. The van der Waals surface area contributed by atoms with Crippen molar-refractivity contribution in [2.75, 3.05) is 14.2 Å². The molecule has 118 valence electrons. The molecule has 0 aromatic heterocycles. The highest BCUT2D eigenvalue weighted by molar-refractivity contribution is 5.92. The summed E-state index contributed by atoms with van der Waals surface area (Å²) in [5, 5.41) is 0. The van der Waals surface area contributed by atoms with Crippen molar-refractivity contribution in [2.45, 2.75) is 51.3 Å². The van der Waals surface area contributed by atoms with E-state index in [1.54, 1.807) is 26.8 Å². The molecule has 0 saturated heterocycles. The van der Waals surface area contributed by atoms with Gasteiger partial charge in [-0.05, 0) is 51.5 Å². The van der Waals surface area contributed by atoms with Gasteiger partial charge in [0.15, 0.2) is 0 Å². The molecular formula is C15H22FNO4. The Balaban J connectivity index is 2.15. The molecule has 6 heteroatoms. The first-order valence-electron chi connectivity index (χ1n) is 6.96. The first-order chi connectivity index (χ1) is 9.49. The van der Waals surface area contributed by atoms with Crippen LogP contribution in [0, 0.1) is 5.41 Å². The molecule has 0 aromatic rings. The first-order valence-corrected chi connectivity index (χ1v) is 6.96. The quantitative estimate of drug-likeness (QED) is 0.594. The number of rotatable bonds is 3. The molecule has 3 saturated carbocycles. The lowest BCUT2D eigenvalue weighted by Crippen LogP contribution is -2.63. The van der Waals surface area contributed by atoms with E-state index in [9.17, 15) is 14.0 Å². The van der Waals surface area contributed by atoms with Gasteiger partial charge in [0.2, 0.25) is 0 Å². The molecule has 0 aromatic carbocycles. The highest BCUT2D eigenvalue weighted by Gasteiger charge is 2.68. The van der Waals surface area contributed by atoms with Crippen molar-refractivity contribution in [1.82, 2.24) is 4.90 Å². The summed E-state index contributed by atoms with van der Waals surface area (Å²) in [4.78, 5) is 25.1. The van der Waals surface area contributed by atoms with Crippen LogP contribution in [0.25, 0.3) is 0 Å². The lowest BCUT2D eigenvalue weighted by molar-refractivity contribution is -0.183. The van der Waals surface area contributed by atoms with Crippen LogP contribution in [0.4, 0.5) is 9.18 Å². The highest BCUT2D eigenvalue weighted by Crippen LogP contribution is 2.70. The first kappa shape index (κ1) is 15.8. The Morgan fingerprint density at radius 1 is 1.24 bits per heavy atom. The van der Waals surface area contributed by atoms with E-state index in [1.807, 2.05) is 0 Å². The van der Waals surface area contributed by atoms with E-state index in [0.717, 1.165) is 4.90 Å². The topological polar surface area (TPSA) is 55.8 Å². The van der Waals surface area contributed by atoms with Crippen molar-refractivity contribution in [3.63, 3.8) is 0 Å². The number of carbonyl (C=O) groups is 2. The summed E-state index contributed by atoms with van der Waals surface area (Å²) in [6.45, 7) is 5.23. The summed E-state index contributed by atoms with van der Waals surface area (Å²) in [7, 11) is 2.70. The molecule has 0 spiro atoms. The van der Waals surface area contributed by atoms with Gasteiger partial charge < -0.3 is 9.47 Å². The lowest BCUT2D eigenvalue weighted by atomic mass is 9.42. The Hall–Kier alpha value is -1.59. The molecule has 3 aliphatic rings. The third-order valence-corrected chi connectivity index (χ3v) is 3.87. The number of amides is 1. The van der Waals surface area contributed by atoms with Crippen LogP contribution < -0.4 is 0 Å². The molecule has 0 N–H and O–H groups in total. The fraction of sp³-hybridized carbons (Fsp3) is 0.733. The predicted molar refractivity (Wildman–Crippen MR) is 74.2 cm³/mol. The molecule has 5 nitrogen and oxygen atoms in total. The van der Waals surface area contributed by atoms with E-state index in [0.29, 0.717) is 19.3 Å². The summed E-state index contributed by atoms with van der Waals surface area (Å²) >= 11 is 0. The molecule has 0 atom stereocenters. The minimum Gasteiger partial charge on any atom is -0.464 e. The van der Waals surface area contributed by atoms with Crippen LogP contribution in [0.1, 0.15) is 40.0 Å². The maximum atomic E-state index is 13.6. The molecule has 3 rings (SSSR count). The van der Waals surface area contributed by atoms with Crippen LogP contribution >= 0.6 is 0 Å². The van der Waals surface area contributed by atoms with Crippen molar-refractivity contribution in [3.8, 4) is 0 Å². The second kappa shape index (κ2) is 4.71. The second-order valence-electron chi connectivity index (χ2n) is 7.10. The van der Waals surface area contributed by atoms with Gasteiger partial charge in [-0.25, -0.2) is 14.0 Å². The standard InChI is InChI=1S/C15H22FNO4/c1-13(2,3)21-12(19)17(4)10(11(18)20-5)6-14-7-15(16,8-14)9-14/h6H,7-9H2,1-5H3. The highest BCUT2D eigenvalue weighted by atomic mass is 19.1. The van der Waals surface area contributed by atoms with Gasteiger partial charge in [-0.1, -0.05) is 0 Å². The van der Waals surface area contributed by atoms with Crippen LogP contribution in [0.3, 0.4) is 0 Å². The molecule has 0 heterocycles. The van der Waals surface area contributed by atoms with Gasteiger partial charge in [0.25, 0.3) is 0 Å². The van der Waals surface area contributed by atoms with Gasteiger partial charge in [-0.2, -0.15) is 0 Å². The molecule has 1 amide bonds. The Bertz CT molecular complexity index is 487. The molecule has 3 aliphatic carbocycles. The zero-order valence-electron chi connectivity index (χ0n) is 13.2. The zero-order valence-corrected chi connectivity index (χ0v) is 13.2. The number of hydrogen-bond donors (Lipinski definition) is 0. The SMILES string of the molecule is COC(=O)C(=CC12CC(F)(C1)C2)N(C)C(=O)OC(C)(C)C. The number of likely N-dealkylation sites (N-methyl/N-ethyl adjacent to an activating group) is 1. The maximum Gasteiger partial charge on any atom is 0.414 e. The largest absolute Gasteiger partial charge is 0.464 e. The summed E-state index contributed by atoms with van der Waals surface area (Å²) < 4.78 is 23.5. The molecule has 0 unspecified atom stereocenters. The smallest absolute Gasteiger partial charge is 0.414 e. The average Bonchev–Trinajstić information content (AvgIpc) is 2.28. The number of alkyl halides is 1. The Labute approximate surface area is 124 Å². The summed E-state index contributed by atoms with van der Waals surface area (Å²) in [5.41, 5.74) is -1.93. The number of halogens is 1. The summed E-state index contributed by atoms with van der Waals surface area (Å²) in [6, 6.07) is 0. The van der Waals surface area contributed by atoms with Gasteiger partial charge in [0.1, 0.15) is 17.0 Å². The Morgan fingerprint density at radius 3 is 2.14 bits per heavy atom. The third-order valence-electron chi connectivity index (χ3n) is 3.87. The van der Waals surface area contributed by atoms with Crippen LogP contribution in [-0.4, -0.2) is 42.4 Å². The number of carbonyl (C=O) groups excluding carboxylic acids is 2. The van der Waals surface area contributed by atoms with Gasteiger partial charge in [-0.3, -0.25) is 4.90 Å². The third kappa shape index (κ3) is 3.04. The van der Waals surface area contributed by atoms with E-state index in [4.69, 9.17) is 9.47 Å². The number of ether oxygens (including phenoxy) is 2. The number of esters is 1. The maximum absolute atomic E-state index is 13.6. The van der Waals surface area contributed by atoms with E-state index >= 15 is 0 Å². The zero-order chi connectivity index (χ0) is 16.1. The van der Waals surface area contributed by atoms with Crippen molar-refractivity contribution in [3.05, 3.63) is 11.8 Å². The van der Waals surface area contributed by atoms with Crippen LogP contribution in [0.5, 0.6) is 0 Å². The Kier molecular flexibility index (Phi) is 3.54. The minimum absolute atomic E-state index is 0.105. The van der Waals surface area contributed by atoms with E-state index in [2.05, 4.69) is 0 Å². The minimum atomic E-state index is -1.07. The molecule has 3 fully saturated rings. The second-order valence-corrected chi connectivity index (χ2v) is 7.10. The number of hydrogen-bond acceptors (Lipinski definition) is 4. The number of allylic oxidation sites excluding steroid dienone is 1. The monoisotopic (exact) mass is 299 g/mol. The lowest BCUT2D eigenvalue weighted by Gasteiger charge is -2.64. The van der Waals surface area contributed by atoms with Gasteiger partial charge in [0, 0.05) is 7.05 Å². The molecule has 21 heavy (non-hydrogen) atoms. The van der Waals surface area contributed by atoms with Crippen molar-refractivity contribution < 1.29 is 23.5 Å². The fourth-order valence-electron chi connectivity index (χ4n) is 3.01. The molecule has 2 bridgehead atoms. The Morgan fingerprint density at radius 2 is 1.76 bits per heavy atom. The fourth-order valence-corrected chi connectivity index (χ4v) is 3.01. The number of methoxy groups -OCH3 is 1. The van der Waals surface area contributed by atoms with Crippen LogP contribution in [0.15, 0.2) is 11.8 Å². The van der Waals surface area contributed by atoms with Gasteiger partial charge in [-0.15, -0.1) is 0 Å². The molecule has 0 radical (unpaired) electrons. The molecule has 0 aliphatic heterocycles. The summed E-state index contributed by atoms with van der Waals surface area (Å²) in [6.07, 6.45) is 2.23. The van der Waals surface area contributed by atoms with Crippen molar-refractivity contribution in [2.24, 2.45) is 5.41 Å². The van der Waals surface area contributed by atoms with Crippen molar-refractivity contribution in [1.29, 1.82) is 0 Å². The van der Waals surface area contributed by atoms with Crippen molar-refractivity contribution >= 4 is 12.1 Å². The van der Waals surface area contributed by atoms with Gasteiger partial charge in [0.05, 0.1) is 7.11 Å². The normalized spacial score (nSPS) is 30.9. The van der Waals surface area contributed by atoms with Crippen LogP contribution in [0.2, 0.25) is 0 Å². The average molecular weight is 299 g/mol. The van der Waals surface area contributed by atoms with E-state index in [-0.39, 0.29) is 11.1 Å². The number of nitrogens with zero attached hydrogens (tertiary/aromatic N) is 1. The van der Waals surface area contributed by atoms with Gasteiger partial charge >= 0.3 is 12.1 Å². The summed E-state index contributed by atoms with van der Waals surface area (Å²) in [5.74, 6) is -0.624. The van der Waals surface area contributed by atoms with E-state index < -0.39 is 23.3 Å². The predicted octanol–water partition coefficient (Wildman–Crippen LogP) is 2.80. The van der Waals surface area contributed by atoms with Crippen LogP contribution in [-0.2, 0) is 14.3 Å². The van der Waals surface area contributed by atoms with E-state index in [1.165, 1.54) is 14.2 Å².